The minimum atomic E-state index is -0.0578. The highest BCUT2D eigenvalue weighted by molar-refractivity contribution is 5.74. The molecule has 1 aliphatic rings. The number of aromatic nitrogens is 1. The van der Waals surface area contributed by atoms with Gasteiger partial charge in [0.2, 0.25) is 0 Å². The number of amides is 2. The van der Waals surface area contributed by atoms with Crippen LogP contribution in [-0.4, -0.2) is 35.8 Å². The molecule has 7 heteroatoms. The summed E-state index contributed by atoms with van der Waals surface area (Å²) in [6.07, 6.45) is 4.27. The molecule has 130 valence electrons. The Kier molecular flexibility index (Phi) is 5.53. The molecule has 1 fully saturated rings. The number of ether oxygens (including phenoxy) is 1. The topological polar surface area (TPSA) is 80.7 Å². The van der Waals surface area contributed by atoms with Gasteiger partial charge in [-0.2, -0.15) is 0 Å². The van der Waals surface area contributed by atoms with Gasteiger partial charge in [0, 0.05) is 25.8 Å². The van der Waals surface area contributed by atoms with E-state index in [-0.39, 0.29) is 12.1 Å². The predicted molar refractivity (Wildman–Crippen MR) is 86.3 cm³/mol. The number of carbonyl (C=O) groups is 1. The molecular formula is C17H23N3O4. The van der Waals surface area contributed by atoms with Gasteiger partial charge in [0.1, 0.15) is 12.4 Å². The molecule has 3 rings (SSSR count). The molecule has 1 atom stereocenters. The molecule has 2 amide bonds. The minimum absolute atomic E-state index is 0.0126. The van der Waals surface area contributed by atoms with Crippen molar-refractivity contribution in [2.24, 2.45) is 0 Å². The van der Waals surface area contributed by atoms with Gasteiger partial charge in [-0.15, -0.1) is 0 Å². The molecule has 0 spiro atoms. The molecule has 7 nitrogen and oxygen atoms in total. The highest BCUT2D eigenvalue weighted by atomic mass is 16.5. The number of nitrogens with zero attached hydrogens (tertiary/aromatic N) is 2. The zero-order valence-corrected chi connectivity index (χ0v) is 13.9. The second kappa shape index (κ2) is 8.01. The minimum Gasteiger partial charge on any atom is -0.467 e. The Labute approximate surface area is 140 Å². The first-order valence-electron chi connectivity index (χ1n) is 8.32. The van der Waals surface area contributed by atoms with Gasteiger partial charge in [0.25, 0.3) is 0 Å². The number of nitrogens with one attached hydrogen (secondary N) is 1. The monoisotopic (exact) mass is 333 g/mol. The predicted octanol–water partition coefficient (Wildman–Crippen LogP) is 3.03. The van der Waals surface area contributed by atoms with Crippen molar-refractivity contribution in [2.45, 2.75) is 38.8 Å². The second-order valence-corrected chi connectivity index (χ2v) is 5.94. The van der Waals surface area contributed by atoms with Crippen LogP contribution in [0.15, 0.2) is 33.4 Å². The Balaban J connectivity index is 1.36. The van der Waals surface area contributed by atoms with Crippen LogP contribution in [0.25, 0.3) is 0 Å². The Bertz CT molecular complexity index is 638. The summed E-state index contributed by atoms with van der Waals surface area (Å²) >= 11 is 0. The average Bonchev–Trinajstić information content (AvgIpc) is 3.30. The van der Waals surface area contributed by atoms with E-state index < -0.39 is 0 Å². The van der Waals surface area contributed by atoms with Gasteiger partial charge in [-0.05, 0) is 38.3 Å². The first-order chi connectivity index (χ1) is 11.7. The van der Waals surface area contributed by atoms with Crippen molar-refractivity contribution in [3.63, 3.8) is 0 Å². The van der Waals surface area contributed by atoms with Crippen LogP contribution in [-0.2, 0) is 11.3 Å². The Hall–Kier alpha value is -2.28. The van der Waals surface area contributed by atoms with Crippen molar-refractivity contribution in [1.82, 2.24) is 15.4 Å². The Morgan fingerprint density at radius 1 is 1.54 bits per heavy atom. The van der Waals surface area contributed by atoms with Crippen LogP contribution < -0.4 is 5.32 Å². The summed E-state index contributed by atoms with van der Waals surface area (Å²) in [5.74, 6) is 1.57. The number of hydrogen-bond acceptors (Lipinski definition) is 5. The maximum Gasteiger partial charge on any atom is 0.318 e. The number of likely N-dealkylation sites (tertiary alicyclic amines) is 1. The van der Waals surface area contributed by atoms with Crippen molar-refractivity contribution < 1.29 is 18.5 Å². The lowest BCUT2D eigenvalue weighted by molar-refractivity contribution is 0.104. The molecule has 0 bridgehead atoms. The maximum atomic E-state index is 12.4. The fraction of sp³-hybridized carbons (Fsp3) is 0.529. The molecule has 1 unspecified atom stereocenters. The van der Waals surface area contributed by atoms with Crippen LogP contribution in [0.3, 0.4) is 0 Å². The van der Waals surface area contributed by atoms with Crippen molar-refractivity contribution in [1.29, 1.82) is 0 Å². The van der Waals surface area contributed by atoms with E-state index in [0.29, 0.717) is 19.8 Å². The molecule has 1 aliphatic heterocycles. The molecule has 3 heterocycles. The number of rotatable bonds is 7. The van der Waals surface area contributed by atoms with Crippen LogP contribution in [0.1, 0.15) is 42.5 Å². The summed E-state index contributed by atoms with van der Waals surface area (Å²) in [7, 11) is 0. The molecule has 2 aromatic rings. The third-order valence-corrected chi connectivity index (χ3v) is 4.05. The van der Waals surface area contributed by atoms with E-state index in [0.717, 1.165) is 43.0 Å². The van der Waals surface area contributed by atoms with E-state index in [4.69, 9.17) is 13.7 Å². The quantitative estimate of drug-likeness (QED) is 0.788. The fourth-order valence-corrected chi connectivity index (χ4v) is 2.88. The molecule has 24 heavy (non-hydrogen) atoms. The lowest BCUT2D eigenvalue weighted by atomic mass is 10.1. The normalized spacial score (nSPS) is 17.4. The van der Waals surface area contributed by atoms with E-state index in [1.807, 2.05) is 30.0 Å². The van der Waals surface area contributed by atoms with E-state index in [2.05, 4.69) is 10.5 Å². The molecule has 0 aromatic carbocycles. The number of hydrogen-bond donors (Lipinski definition) is 1. The molecular weight excluding hydrogens is 310 g/mol. The van der Waals surface area contributed by atoms with Crippen molar-refractivity contribution in [3.05, 3.63) is 41.7 Å². The largest absolute Gasteiger partial charge is 0.467 e. The highest BCUT2D eigenvalue weighted by Crippen LogP contribution is 2.32. The molecule has 1 N–H and O–H groups in total. The Morgan fingerprint density at radius 3 is 3.21 bits per heavy atom. The summed E-state index contributed by atoms with van der Waals surface area (Å²) in [6.45, 7) is 4.24. The van der Waals surface area contributed by atoms with E-state index in [1.165, 1.54) is 0 Å². The zero-order chi connectivity index (χ0) is 16.8. The lowest BCUT2D eigenvalue weighted by Crippen LogP contribution is -2.40. The van der Waals surface area contributed by atoms with Gasteiger partial charge in [-0.25, -0.2) is 4.79 Å². The summed E-state index contributed by atoms with van der Waals surface area (Å²) in [5.41, 5.74) is 0.839. The van der Waals surface area contributed by atoms with Crippen LogP contribution in [0.4, 0.5) is 4.79 Å². The summed E-state index contributed by atoms with van der Waals surface area (Å²) in [4.78, 5) is 14.2. The molecule has 1 saturated heterocycles. The molecule has 2 aromatic heterocycles. The van der Waals surface area contributed by atoms with Crippen LogP contribution in [0.5, 0.6) is 0 Å². The first kappa shape index (κ1) is 16.6. The van der Waals surface area contributed by atoms with Crippen molar-refractivity contribution in [3.8, 4) is 0 Å². The number of aryl methyl sites for hydroxylation is 1. The standard InChI is InChI=1S/C17H23N3O4/c1-13-11-16(24-19-13)15-6-2-8-20(15)17(21)18-7-4-9-22-12-14-5-3-10-23-14/h3,5,10-11,15H,2,4,6-9,12H2,1H3,(H,18,21). The second-order valence-electron chi connectivity index (χ2n) is 5.94. The van der Waals surface area contributed by atoms with Gasteiger partial charge in [-0.3, -0.25) is 0 Å². The summed E-state index contributed by atoms with van der Waals surface area (Å²) in [6, 6.07) is 5.54. The van der Waals surface area contributed by atoms with E-state index in [1.54, 1.807) is 6.26 Å². The Morgan fingerprint density at radius 2 is 2.46 bits per heavy atom. The van der Waals surface area contributed by atoms with E-state index in [9.17, 15) is 4.79 Å². The molecule has 0 saturated carbocycles. The third-order valence-electron chi connectivity index (χ3n) is 4.05. The number of carbonyl (C=O) groups excluding carboxylic acids is 1. The molecule has 0 radical (unpaired) electrons. The van der Waals surface area contributed by atoms with Gasteiger partial charge in [-0.1, -0.05) is 5.16 Å². The lowest BCUT2D eigenvalue weighted by Gasteiger charge is -2.23. The van der Waals surface area contributed by atoms with E-state index >= 15 is 0 Å². The van der Waals surface area contributed by atoms with Crippen molar-refractivity contribution in [2.75, 3.05) is 19.7 Å². The van der Waals surface area contributed by atoms with Crippen LogP contribution >= 0.6 is 0 Å². The number of urea groups is 1. The SMILES string of the molecule is Cc1cc(C2CCCN2C(=O)NCCCOCc2ccco2)on1. The zero-order valence-electron chi connectivity index (χ0n) is 13.9. The van der Waals surface area contributed by atoms with Crippen LogP contribution in [0.2, 0.25) is 0 Å². The van der Waals surface area contributed by atoms with Gasteiger partial charge < -0.3 is 23.9 Å². The van der Waals surface area contributed by atoms with Crippen molar-refractivity contribution >= 4 is 6.03 Å². The number of furan rings is 1. The van der Waals surface area contributed by atoms with Crippen LogP contribution in [0, 0.1) is 6.92 Å². The van der Waals surface area contributed by atoms with Gasteiger partial charge in [0.15, 0.2) is 5.76 Å². The fourth-order valence-electron chi connectivity index (χ4n) is 2.88. The molecule has 0 aliphatic carbocycles. The highest BCUT2D eigenvalue weighted by Gasteiger charge is 2.32. The van der Waals surface area contributed by atoms with Gasteiger partial charge in [0.05, 0.1) is 18.0 Å². The van der Waals surface area contributed by atoms with Gasteiger partial charge >= 0.3 is 6.03 Å². The summed E-state index contributed by atoms with van der Waals surface area (Å²) < 4.78 is 16.0. The smallest absolute Gasteiger partial charge is 0.318 e. The third kappa shape index (κ3) is 4.17. The summed E-state index contributed by atoms with van der Waals surface area (Å²) in [5, 5.41) is 6.86. The average molecular weight is 333 g/mol. The first-order valence-corrected chi connectivity index (χ1v) is 8.32. The maximum absolute atomic E-state index is 12.4.